The maximum atomic E-state index is 6.01. The molecule has 1 saturated heterocycles. The van der Waals surface area contributed by atoms with Crippen molar-refractivity contribution in [2.45, 2.75) is 38.3 Å². The van der Waals surface area contributed by atoms with Gasteiger partial charge in [-0.15, -0.1) is 0 Å². The summed E-state index contributed by atoms with van der Waals surface area (Å²) in [6.45, 7) is 3.83. The van der Waals surface area contributed by atoms with Crippen LogP contribution >= 0.6 is 0 Å². The molecule has 1 fully saturated rings. The SMILES string of the molecule is C[C@@H]1O[C@H](C[N+](C)(C)C)C[C@H]1OCc1ccccc1. The summed E-state index contributed by atoms with van der Waals surface area (Å²) in [5, 5.41) is 0. The van der Waals surface area contributed by atoms with Crippen LogP contribution in [0, 0.1) is 0 Å². The van der Waals surface area contributed by atoms with E-state index in [1.165, 1.54) is 5.56 Å². The lowest BCUT2D eigenvalue weighted by atomic mass is 10.1. The second-order valence-electron chi connectivity index (χ2n) is 6.51. The molecule has 0 spiro atoms. The number of hydrogen-bond acceptors (Lipinski definition) is 2. The molecule has 3 nitrogen and oxygen atoms in total. The smallest absolute Gasteiger partial charge is 0.109 e. The number of nitrogens with zero attached hydrogens (tertiary/aromatic N) is 1. The summed E-state index contributed by atoms with van der Waals surface area (Å²) >= 11 is 0. The number of rotatable bonds is 5. The van der Waals surface area contributed by atoms with Crippen LogP contribution in [0.4, 0.5) is 0 Å². The maximum absolute atomic E-state index is 6.01. The largest absolute Gasteiger partial charge is 0.371 e. The van der Waals surface area contributed by atoms with Crippen LogP contribution < -0.4 is 0 Å². The Morgan fingerprint density at radius 3 is 2.53 bits per heavy atom. The summed E-state index contributed by atoms with van der Waals surface area (Å²) in [4.78, 5) is 0. The molecular weight excluding hydrogens is 238 g/mol. The average molecular weight is 264 g/mol. The van der Waals surface area contributed by atoms with E-state index < -0.39 is 0 Å². The first-order chi connectivity index (χ1) is 8.94. The van der Waals surface area contributed by atoms with Gasteiger partial charge in [0, 0.05) is 6.42 Å². The van der Waals surface area contributed by atoms with E-state index in [4.69, 9.17) is 9.47 Å². The fourth-order valence-corrected chi connectivity index (χ4v) is 2.61. The molecule has 3 atom stereocenters. The highest BCUT2D eigenvalue weighted by atomic mass is 16.6. The van der Waals surface area contributed by atoms with Crippen molar-refractivity contribution in [3.8, 4) is 0 Å². The van der Waals surface area contributed by atoms with Crippen molar-refractivity contribution in [3.05, 3.63) is 35.9 Å². The monoisotopic (exact) mass is 264 g/mol. The highest BCUT2D eigenvalue weighted by molar-refractivity contribution is 5.13. The zero-order chi connectivity index (χ0) is 13.9. The second-order valence-corrected chi connectivity index (χ2v) is 6.51. The van der Waals surface area contributed by atoms with Crippen LogP contribution in [0.3, 0.4) is 0 Å². The Balaban J connectivity index is 1.82. The van der Waals surface area contributed by atoms with E-state index in [0.29, 0.717) is 12.7 Å². The van der Waals surface area contributed by atoms with Gasteiger partial charge in [-0.1, -0.05) is 30.3 Å². The molecule has 1 heterocycles. The quantitative estimate of drug-likeness (QED) is 0.761. The Hall–Kier alpha value is -0.900. The van der Waals surface area contributed by atoms with Crippen LogP contribution in [-0.4, -0.2) is 50.5 Å². The Bertz CT molecular complexity index is 385. The average Bonchev–Trinajstić information content (AvgIpc) is 2.66. The molecule has 3 heteroatoms. The van der Waals surface area contributed by atoms with Gasteiger partial charge < -0.3 is 14.0 Å². The zero-order valence-electron chi connectivity index (χ0n) is 12.5. The third-order valence-corrected chi connectivity index (χ3v) is 3.48. The summed E-state index contributed by atoms with van der Waals surface area (Å²) in [7, 11) is 6.60. The van der Waals surface area contributed by atoms with Crippen molar-refractivity contribution in [2.24, 2.45) is 0 Å². The van der Waals surface area contributed by atoms with Crippen molar-refractivity contribution in [1.29, 1.82) is 0 Å². The molecule has 2 rings (SSSR count). The lowest BCUT2D eigenvalue weighted by Gasteiger charge is -2.26. The van der Waals surface area contributed by atoms with Crippen molar-refractivity contribution in [2.75, 3.05) is 27.7 Å². The number of benzene rings is 1. The molecule has 0 N–H and O–H groups in total. The van der Waals surface area contributed by atoms with Gasteiger partial charge in [0.05, 0.1) is 40.0 Å². The van der Waals surface area contributed by atoms with E-state index in [1.54, 1.807) is 0 Å². The Kier molecular flexibility index (Phi) is 4.61. The van der Waals surface area contributed by atoms with E-state index in [-0.39, 0.29) is 12.2 Å². The van der Waals surface area contributed by atoms with E-state index >= 15 is 0 Å². The van der Waals surface area contributed by atoms with Crippen molar-refractivity contribution < 1.29 is 14.0 Å². The van der Waals surface area contributed by atoms with E-state index in [1.807, 2.05) is 18.2 Å². The first-order valence-electron chi connectivity index (χ1n) is 7.05. The molecule has 0 amide bonds. The molecule has 0 radical (unpaired) electrons. The Morgan fingerprint density at radius 2 is 1.89 bits per heavy atom. The predicted octanol–water partition coefficient (Wildman–Crippen LogP) is 2.46. The van der Waals surface area contributed by atoms with Crippen molar-refractivity contribution in [3.63, 3.8) is 0 Å². The summed E-state index contributed by atoms with van der Waals surface area (Å²) in [5.41, 5.74) is 1.23. The van der Waals surface area contributed by atoms with Crippen molar-refractivity contribution >= 4 is 0 Å². The molecule has 0 aromatic heterocycles. The van der Waals surface area contributed by atoms with Gasteiger partial charge in [-0.05, 0) is 12.5 Å². The highest BCUT2D eigenvalue weighted by Crippen LogP contribution is 2.25. The van der Waals surface area contributed by atoms with E-state index in [0.717, 1.165) is 17.4 Å². The van der Waals surface area contributed by atoms with Crippen LogP contribution in [0.2, 0.25) is 0 Å². The second kappa shape index (κ2) is 6.04. The molecule has 0 aliphatic carbocycles. The Labute approximate surface area is 116 Å². The van der Waals surface area contributed by atoms with Crippen LogP contribution in [0.15, 0.2) is 30.3 Å². The van der Waals surface area contributed by atoms with Gasteiger partial charge in [0.1, 0.15) is 12.6 Å². The molecule has 1 aromatic carbocycles. The molecule has 1 aromatic rings. The van der Waals surface area contributed by atoms with E-state index in [9.17, 15) is 0 Å². The topological polar surface area (TPSA) is 18.5 Å². The number of likely N-dealkylation sites (N-methyl/N-ethyl adjacent to an activating group) is 1. The summed E-state index contributed by atoms with van der Waals surface area (Å²) in [6.07, 6.45) is 1.73. The van der Waals surface area contributed by atoms with Crippen LogP contribution in [0.25, 0.3) is 0 Å². The normalized spacial score (nSPS) is 27.7. The van der Waals surface area contributed by atoms with Crippen LogP contribution in [0.1, 0.15) is 18.9 Å². The van der Waals surface area contributed by atoms with Gasteiger partial charge in [0.25, 0.3) is 0 Å². The van der Waals surface area contributed by atoms with Crippen LogP contribution in [0.5, 0.6) is 0 Å². The fourth-order valence-electron chi connectivity index (χ4n) is 2.61. The van der Waals surface area contributed by atoms with Crippen LogP contribution in [-0.2, 0) is 16.1 Å². The third-order valence-electron chi connectivity index (χ3n) is 3.48. The number of ether oxygens (including phenoxy) is 2. The van der Waals surface area contributed by atoms with Gasteiger partial charge in [0.2, 0.25) is 0 Å². The lowest BCUT2D eigenvalue weighted by Crippen LogP contribution is -2.41. The summed E-state index contributed by atoms with van der Waals surface area (Å²) in [6, 6.07) is 10.3. The fraction of sp³-hybridized carbons (Fsp3) is 0.625. The number of quaternary nitrogens is 1. The highest BCUT2D eigenvalue weighted by Gasteiger charge is 2.35. The molecule has 0 unspecified atom stereocenters. The molecular formula is C16H26NO2+. The molecule has 0 saturated carbocycles. The summed E-state index contributed by atoms with van der Waals surface area (Å²) < 4.78 is 12.9. The van der Waals surface area contributed by atoms with Gasteiger partial charge in [0.15, 0.2) is 0 Å². The minimum absolute atomic E-state index is 0.195. The van der Waals surface area contributed by atoms with Gasteiger partial charge >= 0.3 is 0 Å². The molecule has 1 aliphatic heterocycles. The summed E-state index contributed by atoms with van der Waals surface area (Å²) in [5.74, 6) is 0. The first-order valence-corrected chi connectivity index (χ1v) is 7.05. The third kappa shape index (κ3) is 4.60. The Morgan fingerprint density at radius 1 is 1.21 bits per heavy atom. The predicted molar refractivity (Wildman–Crippen MR) is 76.9 cm³/mol. The van der Waals surface area contributed by atoms with Gasteiger partial charge in [-0.3, -0.25) is 0 Å². The van der Waals surface area contributed by atoms with Crippen molar-refractivity contribution in [1.82, 2.24) is 0 Å². The standard InChI is InChI=1S/C16H26NO2/c1-13-16(10-15(19-13)11-17(2,3)4)18-12-14-8-6-5-7-9-14/h5-9,13,15-16H,10-12H2,1-4H3/q+1/t13-,15-,16+/m0/s1. The van der Waals surface area contributed by atoms with Gasteiger partial charge in [-0.25, -0.2) is 0 Å². The minimum atomic E-state index is 0.195. The zero-order valence-corrected chi connectivity index (χ0v) is 12.5. The maximum Gasteiger partial charge on any atom is 0.109 e. The minimum Gasteiger partial charge on any atom is -0.371 e. The van der Waals surface area contributed by atoms with Gasteiger partial charge in [-0.2, -0.15) is 0 Å². The lowest BCUT2D eigenvalue weighted by molar-refractivity contribution is -0.873. The molecule has 106 valence electrons. The first kappa shape index (κ1) is 14.5. The molecule has 1 aliphatic rings. The van der Waals surface area contributed by atoms with E-state index in [2.05, 4.69) is 40.2 Å². The molecule has 19 heavy (non-hydrogen) atoms. The number of hydrogen-bond donors (Lipinski definition) is 0. The molecule has 0 bridgehead atoms.